The lowest BCUT2D eigenvalue weighted by molar-refractivity contribution is -0.140. The average Bonchev–Trinajstić information content (AvgIpc) is 2.48. The molecule has 1 saturated carbocycles. The molecule has 4 heteroatoms. The summed E-state index contributed by atoms with van der Waals surface area (Å²) < 4.78 is 18.1. The molecule has 0 atom stereocenters. The van der Waals surface area contributed by atoms with E-state index in [1.165, 1.54) is 36.4 Å². The van der Waals surface area contributed by atoms with Gasteiger partial charge in [-0.3, -0.25) is 4.79 Å². The lowest BCUT2D eigenvalue weighted by Gasteiger charge is -2.27. The van der Waals surface area contributed by atoms with Gasteiger partial charge in [0.1, 0.15) is 11.6 Å². The third-order valence-corrected chi connectivity index (χ3v) is 6.11. The van der Waals surface area contributed by atoms with Crippen molar-refractivity contribution < 1.29 is 13.9 Å². The number of benzene rings is 1. The van der Waals surface area contributed by atoms with Crippen LogP contribution in [0.4, 0.5) is 4.39 Å². The number of halogens is 1. The predicted molar refractivity (Wildman–Crippen MR) is 81.3 cm³/mol. The van der Waals surface area contributed by atoms with E-state index in [0.29, 0.717) is 5.75 Å². The highest BCUT2D eigenvalue weighted by molar-refractivity contribution is 6.35. The van der Waals surface area contributed by atoms with E-state index in [4.69, 9.17) is 4.74 Å². The van der Waals surface area contributed by atoms with Gasteiger partial charge in [-0.1, -0.05) is 19.0 Å². The fourth-order valence-electron chi connectivity index (χ4n) is 2.88. The zero-order chi connectivity index (χ0) is 14.4. The molecule has 1 aromatic rings. The first-order valence-corrected chi connectivity index (χ1v) is 9.66. The molecule has 0 aliphatic heterocycles. The Balaban J connectivity index is 1.78. The summed E-state index contributed by atoms with van der Waals surface area (Å²) in [6.07, 6.45) is 4.22. The maximum atomic E-state index is 12.8. The van der Waals surface area contributed by atoms with E-state index in [1.807, 2.05) is 0 Å². The van der Waals surface area contributed by atoms with Crippen LogP contribution in [0, 0.1) is 17.7 Å². The summed E-state index contributed by atoms with van der Waals surface area (Å²) in [6, 6.07) is 8.45. The molecule has 0 aromatic heterocycles. The Morgan fingerprint density at radius 2 is 1.90 bits per heavy atom. The van der Waals surface area contributed by atoms with Gasteiger partial charge in [-0.15, -0.1) is 0 Å². The summed E-state index contributed by atoms with van der Waals surface area (Å²) in [4.78, 5) is 12.1. The van der Waals surface area contributed by atoms with Crippen LogP contribution in [0.15, 0.2) is 24.3 Å². The van der Waals surface area contributed by atoms with Gasteiger partial charge in [0, 0.05) is 9.52 Å². The Hall–Kier alpha value is -1.16. The molecule has 0 radical (unpaired) electrons. The number of carbonyl (C=O) groups excluding carboxylic acids is 1. The van der Waals surface area contributed by atoms with Crippen molar-refractivity contribution in [3.05, 3.63) is 30.1 Å². The van der Waals surface area contributed by atoms with Gasteiger partial charge >= 0.3 is 5.97 Å². The molecule has 1 aromatic carbocycles. The minimum absolute atomic E-state index is 0.0274. The van der Waals surface area contributed by atoms with Crippen molar-refractivity contribution in [2.24, 2.45) is 11.8 Å². The first-order chi connectivity index (χ1) is 9.69. The second-order valence-corrected chi connectivity index (χ2v) is 8.02. The van der Waals surface area contributed by atoms with Crippen molar-refractivity contribution in [3.63, 3.8) is 0 Å². The minimum atomic E-state index is -0.314. The summed E-state index contributed by atoms with van der Waals surface area (Å²) in [5.74, 6) is 0.848. The first kappa shape index (κ1) is 15.2. The third kappa shape index (κ3) is 4.44. The molecule has 0 unspecified atom stereocenters. The lowest BCUT2D eigenvalue weighted by atomic mass is 9.83. The Kier molecular flexibility index (Phi) is 5.77. The van der Waals surface area contributed by atoms with E-state index in [-0.39, 0.29) is 27.2 Å². The lowest BCUT2D eigenvalue weighted by Crippen LogP contribution is -2.26. The molecule has 1 aliphatic carbocycles. The van der Waals surface area contributed by atoms with Gasteiger partial charge in [-0.05, 0) is 55.9 Å². The SMILES string of the molecule is CC[SiH2]C[C@H]1CC[C@H](C(=O)Oc2ccc(F)cc2)CC1. The Bertz CT molecular complexity index is 425. The summed E-state index contributed by atoms with van der Waals surface area (Å²) in [7, 11) is 0.138. The zero-order valence-electron chi connectivity index (χ0n) is 12.1. The average molecular weight is 294 g/mol. The molecular weight excluding hydrogens is 271 g/mol. The fraction of sp³-hybridized carbons (Fsp3) is 0.562. The van der Waals surface area contributed by atoms with E-state index >= 15 is 0 Å². The van der Waals surface area contributed by atoms with Crippen molar-refractivity contribution in [1.82, 2.24) is 0 Å². The van der Waals surface area contributed by atoms with Crippen LogP contribution in [0.5, 0.6) is 5.75 Å². The van der Waals surface area contributed by atoms with Crippen LogP contribution in [0.2, 0.25) is 12.1 Å². The van der Waals surface area contributed by atoms with Crippen molar-refractivity contribution in [1.29, 1.82) is 0 Å². The summed E-state index contributed by atoms with van der Waals surface area (Å²) >= 11 is 0. The first-order valence-electron chi connectivity index (χ1n) is 7.66. The molecule has 0 heterocycles. The van der Waals surface area contributed by atoms with Crippen LogP contribution >= 0.6 is 0 Å². The summed E-state index contributed by atoms with van der Waals surface area (Å²) in [5, 5.41) is 0. The zero-order valence-corrected chi connectivity index (χ0v) is 13.5. The molecule has 0 bridgehead atoms. The quantitative estimate of drug-likeness (QED) is 0.471. The van der Waals surface area contributed by atoms with E-state index in [9.17, 15) is 9.18 Å². The van der Waals surface area contributed by atoms with Crippen molar-refractivity contribution >= 4 is 15.5 Å². The number of rotatable bonds is 5. The monoisotopic (exact) mass is 294 g/mol. The van der Waals surface area contributed by atoms with Crippen LogP contribution < -0.4 is 4.74 Å². The largest absolute Gasteiger partial charge is 0.426 e. The molecule has 2 nitrogen and oxygen atoms in total. The van der Waals surface area contributed by atoms with Crippen LogP contribution in [0.3, 0.4) is 0 Å². The maximum absolute atomic E-state index is 12.8. The molecule has 1 aliphatic rings. The number of carbonyl (C=O) groups is 1. The Morgan fingerprint density at radius 1 is 1.25 bits per heavy atom. The van der Waals surface area contributed by atoms with Gasteiger partial charge in [0.15, 0.2) is 0 Å². The van der Waals surface area contributed by atoms with Gasteiger partial charge in [-0.25, -0.2) is 4.39 Å². The van der Waals surface area contributed by atoms with Gasteiger partial charge in [0.2, 0.25) is 0 Å². The van der Waals surface area contributed by atoms with Crippen molar-refractivity contribution in [3.8, 4) is 5.75 Å². The Morgan fingerprint density at radius 3 is 2.50 bits per heavy atom. The number of ether oxygens (including phenoxy) is 1. The van der Waals surface area contributed by atoms with E-state index < -0.39 is 0 Å². The van der Waals surface area contributed by atoms with E-state index in [0.717, 1.165) is 31.6 Å². The number of hydrogen-bond donors (Lipinski definition) is 0. The number of hydrogen-bond acceptors (Lipinski definition) is 2. The third-order valence-electron chi connectivity index (χ3n) is 4.18. The number of esters is 1. The topological polar surface area (TPSA) is 26.3 Å². The van der Waals surface area contributed by atoms with Crippen molar-refractivity contribution in [2.75, 3.05) is 0 Å². The molecule has 0 spiro atoms. The Labute approximate surface area is 122 Å². The molecule has 0 saturated heterocycles. The highest BCUT2D eigenvalue weighted by Crippen LogP contribution is 2.32. The smallest absolute Gasteiger partial charge is 0.314 e. The van der Waals surface area contributed by atoms with Crippen LogP contribution in [-0.4, -0.2) is 15.5 Å². The van der Waals surface area contributed by atoms with Crippen LogP contribution in [0.25, 0.3) is 0 Å². The van der Waals surface area contributed by atoms with Gasteiger partial charge in [-0.2, -0.15) is 0 Å². The fourth-order valence-corrected chi connectivity index (χ4v) is 4.44. The van der Waals surface area contributed by atoms with Crippen molar-refractivity contribution in [2.45, 2.75) is 44.7 Å². The highest BCUT2D eigenvalue weighted by Gasteiger charge is 2.27. The van der Waals surface area contributed by atoms with Crippen LogP contribution in [0.1, 0.15) is 32.6 Å². The van der Waals surface area contributed by atoms with Crippen LogP contribution in [-0.2, 0) is 4.79 Å². The molecule has 0 amide bonds. The normalized spacial score (nSPS) is 23.1. The summed E-state index contributed by atoms with van der Waals surface area (Å²) in [5.41, 5.74) is 0. The molecular formula is C16H23FO2Si. The maximum Gasteiger partial charge on any atom is 0.314 e. The van der Waals surface area contributed by atoms with Gasteiger partial charge in [0.25, 0.3) is 0 Å². The minimum Gasteiger partial charge on any atom is -0.426 e. The molecule has 0 N–H and O–H groups in total. The van der Waals surface area contributed by atoms with Gasteiger partial charge < -0.3 is 4.74 Å². The predicted octanol–water partition coefficient (Wildman–Crippen LogP) is 3.56. The highest BCUT2D eigenvalue weighted by atomic mass is 28.2. The molecule has 110 valence electrons. The molecule has 20 heavy (non-hydrogen) atoms. The molecule has 1 fully saturated rings. The van der Waals surface area contributed by atoms with E-state index in [1.54, 1.807) is 0 Å². The second kappa shape index (κ2) is 7.57. The standard InChI is InChI=1S/C16H23FO2Si/c1-2-20-11-12-3-5-13(6-4-12)16(18)19-15-9-7-14(17)8-10-15/h7-10,12-13H,2-6,11,20H2,1H3/t12-,13-. The van der Waals surface area contributed by atoms with Gasteiger partial charge in [0.05, 0.1) is 5.92 Å². The summed E-state index contributed by atoms with van der Waals surface area (Å²) in [6.45, 7) is 2.28. The second-order valence-electron chi connectivity index (χ2n) is 5.73. The van der Waals surface area contributed by atoms with E-state index in [2.05, 4.69) is 6.92 Å². The molecule has 2 rings (SSSR count).